The summed E-state index contributed by atoms with van der Waals surface area (Å²) in [5.41, 5.74) is 0. The maximum atomic E-state index is 12.8. The Hall–Kier alpha value is -1.28. The van der Waals surface area contributed by atoms with Crippen molar-refractivity contribution < 1.29 is 32.9 Å². The summed E-state index contributed by atoms with van der Waals surface area (Å²) in [6.45, 7) is 4.75. The Morgan fingerprint density at radius 2 is 1.06 bits per heavy atom. The number of aliphatic hydroxyl groups excluding tert-OH is 1. The number of phosphoric ester groups is 1. The van der Waals surface area contributed by atoms with Gasteiger partial charge in [-0.3, -0.25) is 13.8 Å². The molecule has 0 saturated carbocycles. The minimum Gasteiger partial charge on any atom is -0.387 e. The van der Waals surface area contributed by atoms with Crippen LogP contribution in [0, 0.1) is 0 Å². The van der Waals surface area contributed by atoms with Gasteiger partial charge in [-0.1, -0.05) is 166 Å². The summed E-state index contributed by atoms with van der Waals surface area (Å²) in [4.78, 5) is 23.1. The first-order valence-corrected chi connectivity index (χ1v) is 22.9. The number of aliphatic hydroxyl groups is 1. The molecule has 0 aromatic carbocycles. The fourth-order valence-electron chi connectivity index (χ4n) is 5.90. The first-order chi connectivity index (χ1) is 25.0. The van der Waals surface area contributed by atoms with Gasteiger partial charge in [0, 0.05) is 6.42 Å². The van der Waals surface area contributed by atoms with Crippen molar-refractivity contribution in [2.75, 3.05) is 40.9 Å². The lowest BCUT2D eigenvalue weighted by atomic mass is 10.0. The van der Waals surface area contributed by atoms with Crippen LogP contribution in [0.2, 0.25) is 0 Å². The second-order valence-electron chi connectivity index (χ2n) is 15.7. The van der Waals surface area contributed by atoms with Gasteiger partial charge in [0.25, 0.3) is 0 Å². The van der Waals surface area contributed by atoms with Crippen molar-refractivity contribution in [1.82, 2.24) is 5.32 Å². The number of allylic oxidation sites excluding steroid dienone is 5. The number of carbonyl (C=O) groups is 1. The number of unbranched alkanes of at least 4 members (excludes halogenated alkanes) is 21. The summed E-state index contributed by atoms with van der Waals surface area (Å²) in [5, 5.41) is 13.8. The molecule has 0 fully saturated rings. The largest absolute Gasteiger partial charge is 0.472 e. The number of carbonyl (C=O) groups excluding carboxylic acids is 1. The van der Waals surface area contributed by atoms with Crippen molar-refractivity contribution in [3.05, 3.63) is 36.5 Å². The van der Waals surface area contributed by atoms with E-state index >= 15 is 0 Å². The lowest BCUT2D eigenvalue weighted by molar-refractivity contribution is -0.870. The molecule has 3 atom stereocenters. The van der Waals surface area contributed by atoms with E-state index in [1.807, 2.05) is 27.2 Å². The van der Waals surface area contributed by atoms with E-state index in [1.54, 1.807) is 6.08 Å². The highest BCUT2D eigenvalue weighted by molar-refractivity contribution is 7.47. The van der Waals surface area contributed by atoms with Crippen molar-refractivity contribution in [2.24, 2.45) is 0 Å². The van der Waals surface area contributed by atoms with Crippen molar-refractivity contribution >= 4 is 13.7 Å². The quantitative estimate of drug-likeness (QED) is 0.0251. The van der Waals surface area contributed by atoms with Gasteiger partial charge in [-0.25, -0.2) is 4.57 Å². The fourth-order valence-corrected chi connectivity index (χ4v) is 6.63. The zero-order valence-corrected chi connectivity index (χ0v) is 35.4. The molecular weight excluding hydrogens is 671 g/mol. The Kier molecular flexibility index (Phi) is 34.6. The maximum absolute atomic E-state index is 12.8. The van der Waals surface area contributed by atoms with Gasteiger partial charge < -0.3 is 19.8 Å². The van der Waals surface area contributed by atoms with Gasteiger partial charge in [-0.15, -0.1) is 0 Å². The van der Waals surface area contributed by atoms with E-state index in [-0.39, 0.29) is 19.1 Å². The summed E-state index contributed by atoms with van der Waals surface area (Å²) in [6.07, 6.45) is 42.1. The summed E-state index contributed by atoms with van der Waals surface area (Å²) in [6, 6.07) is -0.864. The molecule has 3 N–H and O–H groups in total. The highest BCUT2D eigenvalue weighted by Crippen LogP contribution is 2.43. The predicted octanol–water partition coefficient (Wildman–Crippen LogP) is 11.5. The molecule has 0 saturated heterocycles. The van der Waals surface area contributed by atoms with Crippen LogP contribution in [0.5, 0.6) is 0 Å². The number of nitrogens with one attached hydrogen (secondary N) is 1. The van der Waals surface area contributed by atoms with Gasteiger partial charge in [-0.2, -0.15) is 0 Å². The predicted molar refractivity (Wildman–Crippen MR) is 221 cm³/mol. The molecule has 0 aromatic heterocycles. The van der Waals surface area contributed by atoms with Gasteiger partial charge >= 0.3 is 7.82 Å². The van der Waals surface area contributed by atoms with Crippen molar-refractivity contribution in [3.63, 3.8) is 0 Å². The number of quaternary nitrogens is 1. The zero-order chi connectivity index (χ0) is 38.6. The van der Waals surface area contributed by atoms with Crippen LogP contribution in [0.15, 0.2) is 36.5 Å². The van der Waals surface area contributed by atoms with Gasteiger partial charge in [0.15, 0.2) is 0 Å². The molecule has 306 valence electrons. The van der Waals surface area contributed by atoms with Gasteiger partial charge in [-0.05, 0) is 44.9 Å². The molecule has 3 unspecified atom stereocenters. The highest BCUT2D eigenvalue weighted by Gasteiger charge is 2.27. The molecular formula is C43H84N2O6P+. The number of nitrogens with zero attached hydrogens (tertiary/aromatic N) is 1. The van der Waals surface area contributed by atoms with Crippen molar-refractivity contribution in [2.45, 2.75) is 193 Å². The van der Waals surface area contributed by atoms with E-state index in [9.17, 15) is 19.4 Å². The minimum atomic E-state index is -4.34. The third kappa shape index (κ3) is 37.1. The molecule has 1 amide bonds. The Morgan fingerprint density at radius 3 is 1.54 bits per heavy atom. The van der Waals surface area contributed by atoms with E-state index in [2.05, 4.69) is 43.5 Å². The number of phosphoric acid groups is 1. The molecule has 0 aliphatic heterocycles. The Labute approximate surface area is 321 Å². The monoisotopic (exact) mass is 756 g/mol. The van der Waals surface area contributed by atoms with Gasteiger partial charge in [0.2, 0.25) is 5.91 Å². The smallest absolute Gasteiger partial charge is 0.387 e. The van der Waals surface area contributed by atoms with Crippen LogP contribution in [0.4, 0.5) is 0 Å². The van der Waals surface area contributed by atoms with E-state index in [1.165, 1.54) is 109 Å². The standard InChI is InChI=1S/C43H83N2O6P/c1-6-8-10-12-14-16-18-20-21-22-23-25-27-29-31-33-35-37-43(47)44-41(40-51-52(48,49)50-39-38-45(3,4)5)42(46)36-34-32-30-28-26-24-19-17-15-13-11-9-7-2/h15,17,26,28,34,36,41-42,46H,6-14,16,18-25,27,29-33,35,37-40H2,1-5H3,(H-,44,47,48,49)/p+1/b17-15+,28-26+,36-34+. The van der Waals surface area contributed by atoms with Crippen LogP contribution in [-0.4, -0.2) is 73.4 Å². The maximum Gasteiger partial charge on any atom is 0.472 e. The number of hydrogen-bond acceptors (Lipinski definition) is 5. The van der Waals surface area contributed by atoms with E-state index in [0.717, 1.165) is 51.4 Å². The van der Waals surface area contributed by atoms with Crippen molar-refractivity contribution in [3.8, 4) is 0 Å². The minimum absolute atomic E-state index is 0.0544. The first kappa shape index (κ1) is 50.7. The fraction of sp³-hybridized carbons (Fsp3) is 0.837. The third-order valence-corrected chi connectivity index (χ3v) is 10.3. The molecule has 0 radical (unpaired) electrons. The highest BCUT2D eigenvalue weighted by atomic mass is 31.2. The third-order valence-electron chi connectivity index (χ3n) is 9.34. The number of rotatable bonds is 38. The zero-order valence-electron chi connectivity index (χ0n) is 34.5. The summed E-state index contributed by atoms with van der Waals surface area (Å²) in [7, 11) is 1.55. The normalized spacial score (nSPS) is 14.8. The molecule has 0 rings (SSSR count). The average molecular weight is 756 g/mol. The van der Waals surface area contributed by atoms with Crippen LogP contribution in [0.3, 0.4) is 0 Å². The van der Waals surface area contributed by atoms with Crippen LogP contribution in [0.1, 0.15) is 181 Å². The number of hydrogen-bond donors (Lipinski definition) is 3. The topological polar surface area (TPSA) is 105 Å². The molecule has 8 nitrogen and oxygen atoms in total. The van der Waals surface area contributed by atoms with Crippen LogP contribution in [-0.2, 0) is 18.4 Å². The number of likely N-dealkylation sites (N-methyl/N-ethyl adjacent to an activating group) is 1. The second kappa shape index (κ2) is 35.4. The number of amides is 1. The second-order valence-corrected chi connectivity index (χ2v) is 17.2. The molecule has 0 aromatic rings. The van der Waals surface area contributed by atoms with Crippen LogP contribution < -0.4 is 5.32 Å². The summed E-state index contributed by atoms with van der Waals surface area (Å²) in [5.74, 6) is -0.192. The average Bonchev–Trinajstić information content (AvgIpc) is 3.09. The van der Waals surface area contributed by atoms with Gasteiger partial charge in [0.1, 0.15) is 13.2 Å². The first-order valence-electron chi connectivity index (χ1n) is 21.4. The molecule has 9 heteroatoms. The molecule has 0 aliphatic carbocycles. The summed E-state index contributed by atoms with van der Waals surface area (Å²) < 4.78 is 23.5. The SMILES string of the molecule is CCCCC/C=C/CC/C=C/CC/C=C/C(O)C(COP(=O)(O)OCC[N+](C)(C)C)NC(=O)CCCCCCCCCCCCCCCCCCC. The van der Waals surface area contributed by atoms with E-state index < -0.39 is 20.0 Å². The van der Waals surface area contributed by atoms with Gasteiger partial charge in [0.05, 0.1) is 39.9 Å². The van der Waals surface area contributed by atoms with Crippen LogP contribution >= 0.6 is 7.82 Å². The Bertz CT molecular complexity index is 948. The Morgan fingerprint density at radius 1 is 0.635 bits per heavy atom. The molecule has 0 spiro atoms. The molecule has 0 bridgehead atoms. The van der Waals surface area contributed by atoms with Crippen LogP contribution in [0.25, 0.3) is 0 Å². The van der Waals surface area contributed by atoms with E-state index in [4.69, 9.17) is 9.05 Å². The van der Waals surface area contributed by atoms with Crippen molar-refractivity contribution in [1.29, 1.82) is 0 Å². The molecule has 52 heavy (non-hydrogen) atoms. The summed E-state index contributed by atoms with van der Waals surface area (Å²) >= 11 is 0. The Balaban J connectivity index is 4.47. The lowest BCUT2D eigenvalue weighted by Crippen LogP contribution is -2.45. The molecule has 0 aliphatic rings. The lowest BCUT2D eigenvalue weighted by Gasteiger charge is -2.25. The van der Waals surface area contributed by atoms with E-state index in [0.29, 0.717) is 17.4 Å². The molecule has 0 heterocycles.